The summed E-state index contributed by atoms with van der Waals surface area (Å²) in [5.74, 6) is -0.308. The van der Waals surface area contributed by atoms with Gasteiger partial charge in [-0.1, -0.05) is 25.4 Å². The summed E-state index contributed by atoms with van der Waals surface area (Å²) in [5.41, 5.74) is 0.360. The van der Waals surface area contributed by atoms with Crippen LogP contribution < -0.4 is 5.32 Å². The van der Waals surface area contributed by atoms with Gasteiger partial charge in [0.25, 0.3) is 0 Å². The maximum absolute atomic E-state index is 12.7. The van der Waals surface area contributed by atoms with Crippen LogP contribution in [0.25, 0.3) is 0 Å². The van der Waals surface area contributed by atoms with Gasteiger partial charge in [-0.2, -0.15) is 9.40 Å². The van der Waals surface area contributed by atoms with E-state index >= 15 is 0 Å². The number of anilines is 1. The fourth-order valence-corrected chi connectivity index (χ4v) is 4.32. The molecule has 0 aliphatic heterocycles. The molecule has 0 radical (unpaired) electrons. The molecule has 0 saturated heterocycles. The number of nitrogens with zero attached hydrogens (tertiary/aromatic N) is 3. The van der Waals surface area contributed by atoms with Crippen molar-refractivity contribution in [2.45, 2.75) is 31.7 Å². The zero-order chi connectivity index (χ0) is 18.6. The molecule has 0 aliphatic carbocycles. The number of halogens is 1. The lowest BCUT2D eigenvalue weighted by atomic mass is 10.2. The summed E-state index contributed by atoms with van der Waals surface area (Å²) < 4.78 is 28.2. The van der Waals surface area contributed by atoms with Crippen LogP contribution in [0, 0.1) is 0 Å². The minimum absolute atomic E-state index is 0.0255. The highest BCUT2D eigenvalue weighted by atomic mass is 35.5. The lowest BCUT2D eigenvalue weighted by Gasteiger charge is -2.20. The molecule has 0 fully saturated rings. The van der Waals surface area contributed by atoms with E-state index in [9.17, 15) is 13.2 Å². The highest BCUT2D eigenvalue weighted by Crippen LogP contribution is 2.28. The van der Waals surface area contributed by atoms with Crippen LogP contribution in [0.15, 0.2) is 41.6 Å². The molecule has 1 heterocycles. The van der Waals surface area contributed by atoms with Gasteiger partial charge in [-0.15, -0.1) is 0 Å². The van der Waals surface area contributed by atoms with Crippen molar-refractivity contribution >= 4 is 33.2 Å². The van der Waals surface area contributed by atoms with Gasteiger partial charge in [-0.3, -0.25) is 9.48 Å². The first-order chi connectivity index (χ1) is 11.8. The molecule has 0 aliphatic rings. The van der Waals surface area contributed by atoms with E-state index in [2.05, 4.69) is 10.4 Å². The molecular formula is C16H21ClN4O3S. The maximum Gasteiger partial charge on any atom is 0.248 e. The monoisotopic (exact) mass is 384 g/mol. The van der Waals surface area contributed by atoms with Crippen LogP contribution in [0.1, 0.15) is 26.8 Å². The Morgan fingerprint density at radius 1 is 1.36 bits per heavy atom. The Hall–Kier alpha value is -1.90. The third-order valence-corrected chi connectivity index (χ3v) is 6.35. The standard InChI is InChI=1S/C16H21ClN4O3S/c1-4-20(5-2)25(23,24)15-11-13(7-8-14(15)17)19-16(22)12(3)21-10-6-9-18-21/h6-12H,4-5H2,1-3H3,(H,19,22). The number of carbonyl (C=O) groups is 1. The largest absolute Gasteiger partial charge is 0.324 e. The predicted octanol–water partition coefficient (Wildman–Crippen LogP) is 2.77. The van der Waals surface area contributed by atoms with Gasteiger partial charge in [-0.05, 0) is 31.2 Å². The summed E-state index contributed by atoms with van der Waals surface area (Å²) in [4.78, 5) is 12.3. The minimum atomic E-state index is -3.72. The Labute approximate surface area is 152 Å². The van der Waals surface area contributed by atoms with Crippen LogP contribution in [0.4, 0.5) is 5.69 Å². The van der Waals surface area contributed by atoms with Crippen molar-refractivity contribution in [2.75, 3.05) is 18.4 Å². The molecule has 2 aromatic rings. The van der Waals surface area contributed by atoms with Crippen molar-refractivity contribution in [3.63, 3.8) is 0 Å². The van der Waals surface area contributed by atoms with Gasteiger partial charge in [0.15, 0.2) is 0 Å². The van der Waals surface area contributed by atoms with Crippen LogP contribution in [-0.4, -0.2) is 41.5 Å². The van der Waals surface area contributed by atoms with E-state index in [0.717, 1.165) is 0 Å². The Kier molecular flexibility index (Phi) is 6.21. The number of amides is 1. The molecule has 0 saturated carbocycles. The third kappa shape index (κ3) is 4.20. The molecule has 1 amide bonds. The van der Waals surface area contributed by atoms with Crippen molar-refractivity contribution in [3.05, 3.63) is 41.7 Å². The van der Waals surface area contributed by atoms with E-state index in [4.69, 9.17) is 11.6 Å². The SMILES string of the molecule is CCN(CC)S(=O)(=O)c1cc(NC(=O)C(C)n2cccn2)ccc1Cl. The number of sulfonamides is 1. The zero-order valence-electron chi connectivity index (χ0n) is 14.3. The smallest absolute Gasteiger partial charge is 0.248 e. The van der Waals surface area contributed by atoms with E-state index in [1.807, 2.05) is 0 Å². The first kappa shape index (κ1) is 19.4. The molecule has 2 rings (SSSR count). The Morgan fingerprint density at radius 2 is 2.04 bits per heavy atom. The number of benzene rings is 1. The van der Waals surface area contributed by atoms with Gasteiger partial charge in [-0.25, -0.2) is 8.42 Å². The molecule has 7 nitrogen and oxygen atoms in total. The predicted molar refractivity (Wildman–Crippen MR) is 97.1 cm³/mol. The second kappa shape index (κ2) is 7.99. The number of hydrogen-bond donors (Lipinski definition) is 1. The van der Waals surface area contributed by atoms with Crippen LogP contribution in [0.5, 0.6) is 0 Å². The van der Waals surface area contributed by atoms with Crippen molar-refractivity contribution in [2.24, 2.45) is 0 Å². The number of rotatable bonds is 7. The Balaban J connectivity index is 2.28. The lowest BCUT2D eigenvalue weighted by Crippen LogP contribution is -2.31. The van der Waals surface area contributed by atoms with Gasteiger partial charge in [0.2, 0.25) is 15.9 Å². The average molecular weight is 385 g/mol. The van der Waals surface area contributed by atoms with Crippen molar-refractivity contribution in [3.8, 4) is 0 Å². The number of hydrogen-bond acceptors (Lipinski definition) is 4. The summed E-state index contributed by atoms with van der Waals surface area (Å²) in [7, 11) is -3.72. The fourth-order valence-electron chi connectivity index (χ4n) is 2.36. The maximum atomic E-state index is 12.7. The summed E-state index contributed by atoms with van der Waals surface area (Å²) >= 11 is 6.09. The molecule has 1 N–H and O–H groups in total. The molecule has 1 unspecified atom stereocenters. The highest BCUT2D eigenvalue weighted by molar-refractivity contribution is 7.89. The van der Waals surface area contributed by atoms with Gasteiger partial charge < -0.3 is 5.32 Å². The fraction of sp³-hybridized carbons (Fsp3) is 0.375. The summed E-state index contributed by atoms with van der Waals surface area (Å²) in [6.45, 7) is 5.88. The number of aromatic nitrogens is 2. The summed E-state index contributed by atoms with van der Waals surface area (Å²) in [5, 5.41) is 6.85. The second-order valence-corrected chi connectivity index (χ2v) is 7.70. The Morgan fingerprint density at radius 3 is 2.60 bits per heavy atom. The van der Waals surface area contributed by atoms with Crippen molar-refractivity contribution in [1.29, 1.82) is 0 Å². The highest BCUT2D eigenvalue weighted by Gasteiger charge is 2.25. The molecular weight excluding hydrogens is 364 g/mol. The average Bonchev–Trinajstić information content (AvgIpc) is 3.11. The third-order valence-electron chi connectivity index (χ3n) is 3.82. The topological polar surface area (TPSA) is 84.3 Å². The van der Waals surface area contributed by atoms with Crippen LogP contribution in [-0.2, 0) is 14.8 Å². The molecule has 0 spiro atoms. The first-order valence-corrected chi connectivity index (χ1v) is 9.72. The van der Waals surface area contributed by atoms with E-state index < -0.39 is 16.1 Å². The van der Waals surface area contributed by atoms with Gasteiger partial charge in [0, 0.05) is 31.2 Å². The normalized spacial score (nSPS) is 13.0. The number of nitrogens with one attached hydrogen (secondary N) is 1. The summed E-state index contributed by atoms with van der Waals surface area (Å²) in [6, 6.07) is 5.60. The minimum Gasteiger partial charge on any atom is -0.324 e. The Bertz CT molecular complexity index is 833. The van der Waals surface area contributed by atoms with Gasteiger partial charge in [0.1, 0.15) is 10.9 Å². The molecule has 9 heteroatoms. The molecule has 1 aromatic heterocycles. The van der Waals surface area contributed by atoms with Crippen LogP contribution >= 0.6 is 11.6 Å². The quantitative estimate of drug-likeness (QED) is 0.795. The lowest BCUT2D eigenvalue weighted by molar-refractivity contribution is -0.119. The summed E-state index contributed by atoms with van der Waals surface area (Å²) in [6.07, 6.45) is 3.27. The van der Waals surface area contributed by atoms with E-state index in [0.29, 0.717) is 18.8 Å². The second-order valence-electron chi connectivity index (χ2n) is 5.39. The van der Waals surface area contributed by atoms with Crippen molar-refractivity contribution < 1.29 is 13.2 Å². The van der Waals surface area contributed by atoms with Crippen LogP contribution in [0.3, 0.4) is 0 Å². The van der Waals surface area contributed by atoms with Gasteiger partial charge >= 0.3 is 0 Å². The first-order valence-electron chi connectivity index (χ1n) is 7.91. The number of carbonyl (C=O) groups excluding carboxylic acids is 1. The van der Waals surface area contributed by atoms with E-state index in [-0.39, 0.29) is 15.8 Å². The molecule has 0 bridgehead atoms. The van der Waals surface area contributed by atoms with Gasteiger partial charge in [0.05, 0.1) is 5.02 Å². The van der Waals surface area contributed by atoms with Crippen molar-refractivity contribution in [1.82, 2.24) is 14.1 Å². The molecule has 136 valence electrons. The molecule has 25 heavy (non-hydrogen) atoms. The zero-order valence-corrected chi connectivity index (χ0v) is 15.9. The molecule has 1 atom stereocenters. The van der Waals surface area contributed by atoms with E-state index in [1.165, 1.54) is 21.1 Å². The van der Waals surface area contributed by atoms with E-state index in [1.54, 1.807) is 45.3 Å². The van der Waals surface area contributed by atoms with Crippen LogP contribution in [0.2, 0.25) is 5.02 Å². The molecule has 1 aromatic carbocycles.